The van der Waals surface area contributed by atoms with Crippen molar-refractivity contribution in [1.82, 2.24) is 26.1 Å². The molecule has 0 aliphatic carbocycles. The summed E-state index contributed by atoms with van der Waals surface area (Å²) in [6.07, 6.45) is 3.97. The lowest BCUT2D eigenvalue weighted by Crippen LogP contribution is -2.41. The second-order valence-corrected chi connectivity index (χ2v) is 9.59. The lowest BCUT2D eigenvalue weighted by Gasteiger charge is -2.27. The topological polar surface area (TPSA) is 108 Å². The smallest absolute Gasteiger partial charge is 0.270 e. The molecule has 3 aromatic rings. The summed E-state index contributed by atoms with van der Waals surface area (Å²) in [4.78, 5) is 34.1. The zero-order chi connectivity index (χ0) is 24.1. The van der Waals surface area contributed by atoms with Gasteiger partial charge in [0.1, 0.15) is 0 Å². The quantitative estimate of drug-likeness (QED) is 0.272. The minimum Gasteiger partial charge on any atom is -0.324 e. The molecule has 4 N–H and O–H groups in total. The predicted octanol–water partition coefficient (Wildman–Crippen LogP) is 4.06. The van der Waals surface area contributed by atoms with E-state index in [2.05, 4.69) is 56.0 Å². The van der Waals surface area contributed by atoms with Gasteiger partial charge >= 0.3 is 0 Å². The Balaban J connectivity index is 1.43. The third kappa shape index (κ3) is 5.89. The molecule has 8 nitrogen and oxygen atoms in total. The van der Waals surface area contributed by atoms with Crippen molar-refractivity contribution in [1.29, 1.82) is 0 Å². The third-order valence-electron chi connectivity index (χ3n) is 5.91. The van der Waals surface area contributed by atoms with E-state index in [1.807, 2.05) is 31.2 Å². The van der Waals surface area contributed by atoms with Gasteiger partial charge in [-0.05, 0) is 85.2 Å². The van der Waals surface area contributed by atoms with E-state index in [1.54, 1.807) is 30.5 Å². The van der Waals surface area contributed by atoms with E-state index < -0.39 is 5.91 Å². The van der Waals surface area contributed by atoms with Crippen molar-refractivity contribution in [2.45, 2.75) is 38.6 Å². The molecule has 1 aliphatic rings. The molecule has 0 saturated carbocycles. The fraction of sp³-hybridized carbons (Fsp3) is 0.280. The Morgan fingerprint density at radius 1 is 1.06 bits per heavy atom. The molecule has 1 aliphatic heterocycles. The van der Waals surface area contributed by atoms with Crippen LogP contribution in [0, 0.1) is 10.5 Å². The summed E-state index contributed by atoms with van der Waals surface area (Å²) in [6.45, 7) is 5.04. The van der Waals surface area contributed by atoms with Gasteiger partial charge in [0.25, 0.3) is 11.8 Å². The lowest BCUT2D eigenvalue weighted by molar-refractivity contribution is 0.0846. The van der Waals surface area contributed by atoms with Crippen LogP contribution < -0.4 is 21.5 Å². The molecule has 4 rings (SSSR count). The minimum absolute atomic E-state index is 0.356. The van der Waals surface area contributed by atoms with Gasteiger partial charge in [-0.15, -0.1) is 0 Å². The monoisotopic (exact) mass is 570 g/mol. The van der Waals surface area contributed by atoms with E-state index in [4.69, 9.17) is 4.98 Å². The number of anilines is 2. The van der Waals surface area contributed by atoms with Crippen LogP contribution in [0.1, 0.15) is 57.7 Å². The van der Waals surface area contributed by atoms with Gasteiger partial charge in [0.2, 0.25) is 5.95 Å². The number of hydrogen-bond acceptors (Lipinski definition) is 6. The first-order chi connectivity index (χ1) is 16.4. The Kier molecular flexibility index (Phi) is 7.73. The van der Waals surface area contributed by atoms with Crippen LogP contribution in [-0.4, -0.2) is 34.4 Å². The maximum atomic E-state index is 12.7. The van der Waals surface area contributed by atoms with Crippen molar-refractivity contribution in [3.63, 3.8) is 0 Å². The number of nitrogens with one attached hydrogen (secondary N) is 4. The van der Waals surface area contributed by atoms with Crippen LogP contribution in [0.15, 0.2) is 54.7 Å². The van der Waals surface area contributed by atoms with Crippen LogP contribution in [0.25, 0.3) is 0 Å². The number of carbonyl (C=O) groups is 2. The first-order valence-corrected chi connectivity index (χ1v) is 12.3. The average molecular weight is 570 g/mol. The minimum atomic E-state index is -0.417. The maximum Gasteiger partial charge on any atom is 0.270 e. The van der Waals surface area contributed by atoms with Crippen LogP contribution in [0.3, 0.4) is 0 Å². The number of rotatable bonds is 5. The molecule has 0 bridgehead atoms. The van der Waals surface area contributed by atoms with Gasteiger partial charge in [-0.3, -0.25) is 20.4 Å². The number of piperidine rings is 1. The van der Waals surface area contributed by atoms with E-state index >= 15 is 0 Å². The Labute approximate surface area is 212 Å². The van der Waals surface area contributed by atoms with Crippen LogP contribution in [0.5, 0.6) is 0 Å². The molecule has 1 saturated heterocycles. The highest BCUT2D eigenvalue weighted by atomic mass is 127. The van der Waals surface area contributed by atoms with Crippen molar-refractivity contribution < 1.29 is 9.59 Å². The molecule has 1 fully saturated rings. The van der Waals surface area contributed by atoms with E-state index in [0.29, 0.717) is 29.0 Å². The molecular formula is C25H27IN6O2. The number of aromatic nitrogens is 2. The highest BCUT2D eigenvalue weighted by Gasteiger charge is 2.21. The van der Waals surface area contributed by atoms with Gasteiger partial charge in [0, 0.05) is 39.5 Å². The van der Waals surface area contributed by atoms with Crippen LogP contribution in [0.4, 0.5) is 11.6 Å². The summed E-state index contributed by atoms with van der Waals surface area (Å²) >= 11 is 2.08. The van der Waals surface area contributed by atoms with Crippen molar-refractivity contribution >= 4 is 46.0 Å². The molecule has 2 aromatic carbocycles. The number of nitrogens with zero attached hydrogens (tertiary/aromatic N) is 2. The molecule has 1 aromatic heterocycles. The number of halogens is 1. The normalized spacial score (nSPS) is 17.6. The summed E-state index contributed by atoms with van der Waals surface area (Å²) in [5.41, 5.74) is 8.53. The van der Waals surface area contributed by atoms with E-state index in [9.17, 15) is 9.59 Å². The first-order valence-electron chi connectivity index (χ1n) is 11.2. The maximum absolute atomic E-state index is 12.7. The molecule has 2 atom stereocenters. The van der Waals surface area contributed by atoms with Crippen molar-refractivity contribution in [3.05, 3.63) is 80.7 Å². The standard InChI is InChI=1S/C25H27IN6O2/c1-15-7-9-17(23(33)31-32-24(34)19-5-3-4-6-20(19)26)13-22(15)30-25-27-12-11-21(29-25)18-10-8-16(2)28-14-18/h3-7,9,11-13,16,18,28H,8,10,14H2,1-2H3,(H,31,33)(H,32,34)(H,27,29,30). The number of hydrogen-bond donors (Lipinski definition) is 4. The number of hydrazine groups is 1. The lowest BCUT2D eigenvalue weighted by atomic mass is 9.93. The summed E-state index contributed by atoms with van der Waals surface area (Å²) in [5.74, 6) is 0.0537. The van der Waals surface area contributed by atoms with Crippen LogP contribution >= 0.6 is 22.6 Å². The molecule has 2 unspecified atom stereocenters. The van der Waals surface area contributed by atoms with Crippen LogP contribution in [-0.2, 0) is 0 Å². The Bertz CT molecular complexity index is 1190. The second-order valence-electron chi connectivity index (χ2n) is 8.43. The number of aryl methyl sites for hydroxylation is 1. The third-order valence-corrected chi connectivity index (χ3v) is 6.85. The molecule has 9 heteroatoms. The van der Waals surface area contributed by atoms with Crippen molar-refractivity contribution in [2.24, 2.45) is 0 Å². The Morgan fingerprint density at radius 2 is 1.85 bits per heavy atom. The fourth-order valence-electron chi connectivity index (χ4n) is 3.83. The van der Waals surface area contributed by atoms with Gasteiger partial charge in [-0.1, -0.05) is 18.2 Å². The molecular weight excluding hydrogens is 543 g/mol. The molecule has 0 spiro atoms. The zero-order valence-electron chi connectivity index (χ0n) is 19.1. The zero-order valence-corrected chi connectivity index (χ0v) is 21.2. The highest BCUT2D eigenvalue weighted by Crippen LogP contribution is 2.25. The van der Waals surface area contributed by atoms with E-state index in [-0.39, 0.29) is 5.91 Å². The molecule has 0 radical (unpaired) electrons. The largest absolute Gasteiger partial charge is 0.324 e. The van der Waals surface area contributed by atoms with Gasteiger partial charge in [0.05, 0.1) is 11.3 Å². The predicted molar refractivity (Wildman–Crippen MR) is 140 cm³/mol. The summed E-state index contributed by atoms with van der Waals surface area (Å²) in [7, 11) is 0. The van der Waals surface area contributed by atoms with Gasteiger partial charge in [0.15, 0.2) is 0 Å². The average Bonchev–Trinajstić information content (AvgIpc) is 2.84. The summed E-state index contributed by atoms with van der Waals surface area (Å²) < 4.78 is 0.800. The highest BCUT2D eigenvalue weighted by molar-refractivity contribution is 14.1. The number of carbonyl (C=O) groups excluding carboxylic acids is 2. The second kappa shape index (κ2) is 10.9. The molecule has 34 heavy (non-hydrogen) atoms. The fourth-order valence-corrected chi connectivity index (χ4v) is 4.46. The SMILES string of the molecule is Cc1ccc(C(=O)NNC(=O)c2ccccc2I)cc1Nc1nccc(C2CCC(C)NC2)n1. The molecule has 176 valence electrons. The molecule has 2 amide bonds. The van der Waals surface area contributed by atoms with E-state index in [0.717, 1.165) is 39.9 Å². The Hall–Kier alpha value is -3.05. The first kappa shape index (κ1) is 24.1. The van der Waals surface area contributed by atoms with Gasteiger partial charge in [-0.2, -0.15) is 0 Å². The summed E-state index contributed by atoms with van der Waals surface area (Å²) in [6, 6.07) is 14.9. The van der Waals surface area contributed by atoms with E-state index in [1.165, 1.54) is 0 Å². The number of benzene rings is 2. The van der Waals surface area contributed by atoms with Gasteiger partial charge in [-0.25, -0.2) is 9.97 Å². The number of amides is 2. The molecule has 2 heterocycles. The Morgan fingerprint density at radius 3 is 2.62 bits per heavy atom. The van der Waals surface area contributed by atoms with Crippen LogP contribution in [0.2, 0.25) is 0 Å². The van der Waals surface area contributed by atoms with Crippen molar-refractivity contribution in [2.75, 3.05) is 11.9 Å². The van der Waals surface area contributed by atoms with Gasteiger partial charge < -0.3 is 10.6 Å². The summed E-state index contributed by atoms with van der Waals surface area (Å²) in [5, 5.41) is 6.75. The van der Waals surface area contributed by atoms with Crippen molar-refractivity contribution in [3.8, 4) is 0 Å².